The molecule has 5 saturated heterocycles. The normalized spacial score (nSPS) is 22.8. The number of aliphatic imine (C=N–C) groups is 2. The van der Waals surface area contributed by atoms with Gasteiger partial charge in [-0.2, -0.15) is 0 Å². The fourth-order valence-corrected chi connectivity index (χ4v) is 19.1. The van der Waals surface area contributed by atoms with Crippen LogP contribution in [0.5, 0.6) is 0 Å². The minimum Gasteiger partial charge on any atom is -0.453 e. The highest BCUT2D eigenvalue weighted by Crippen LogP contribution is 2.48. The Morgan fingerprint density at radius 1 is 0.463 bits per heavy atom. The Hall–Kier alpha value is -11.5. The molecule has 30 heteroatoms. The van der Waals surface area contributed by atoms with Crippen LogP contribution in [0.3, 0.4) is 0 Å². The lowest BCUT2D eigenvalue weighted by molar-refractivity contribution is -0.136. The van der Waals surface area contributed by atoms with Gasteiger partial charge < -0.3 is 79.1 Å². The predicted molar refractivity (Wildman–Crippen MR) is 476 cm³/mol. The van der Waals surface area contributed by atoms with Crippen LogP contribution in [0, 0.1) is 11.8 Å². The van der Waals surface area contributed by atoms with Crippen molar-refractivity contribution in [2.45, 2.75) is 211 Å². The Balaban J connectivity index is 0.000000161. The Labute approximate surface area is 725 Å². The first-order valence-electron chi connectivity index (χ1n) is 42.1. The number of H-pyrrole nitrogens is 2. The van der Waals surface area contributed by atoms with E-state index < -0.39 is 48.5 Å². The van der Waals surface area contributed by atoms with E-state index in [2.05, 4.69) is 191 Å². The van der Waals surface area contributed by atoms with Crippen LogP contribution in [0.4, 0.5) is 19.2 Å². The third kappa shape index (κ3) is 18.5. The Morgan fingerprint density at radius 2 is 0.821 bits per heavy atom. The summed E-state index contributed by atoms with van der Waals surface area (Å²) in [6.07, 6.45) is 16.0. The van der Waals surface area contributed by atoms with Gasteiger partial charge in [0.15, 0.2) is 0 Å². The molecular formula is C93H110BBrN14O14. The number of carbonyl (C=O) groups excluding carboxylic acids is 8. The summed E-state index contributed by atoms with van der Waals surface area (Å²) in [6.45, 7) is 16.3. The molecule has 9 aliphatic rings. The average Bonchev–Trinajstić information content (AvgIpc) is 1.59. The second-order valence-electron chi connectivity index (χ2n) is 34.2. The number of aromatic amines is 2. The van der Waals surface area contributed by atoms with Gasteiger partial charge in [0.1, 0.15) is 35.8 Å². The second kappa shape index (κ2) is 36.9. The number of ether oxygens (including phenoxy) is 4. The molecule has 12 atom stereocenters. The van der Waals surface area contributed by atoms with Gasteiger partial charge in [0, 0.05) is 66.3 Å². The van der Waals surface area contributed by atoms with Gasteiger partial charge in [-0.05, 0) is 233 Å². The van der Waals surface area contributed by atoms with Gasteiger partial charge in [-0.1, -0.05) is 114 Å². The monoisotopic (exact) mass is 1740 g/mol. The maximum atomic E-state index is 13.5. The van der Waals surface area contributed by atoms with Crippen molar-refractivity contribution >= 4 is 121 Å². The molecule has 0 unspecified atom stereocenters. The fraction of sp³-hybridized carbons (Fsp3) is 0.441. The molecule has 2 saturated carbocycles. The molecule has 2 aliphatic carbocycles. The molecule has 6 aromatic carbocycles. The number of nitrogens with zero attached hydrogens (tertiary/aromatic N) is 8. The van der Waals surface area contributed by atoms with Crippen molar-refractivity contribution in [1.82, 2.24) is 60.8 Å². The van der Waals surface area contributed by atoms with Crippen molar-refractivity contribution in [3.63, 3.8) is 0 Å². The number of nitrogens with one attached hydrogen (secondary N) is 6. The number of amides is 8. The standard InChI is InChI=1S/C43H47N7O6.C31H38BN3O5.C18H21BrN4O3.CH4/c1-24(46-42(53)55-3)40(51)49-17-5-6-37(49)39-45-23-36(48-39)27-9-7-26(8-10-27)28-11-12-30-19-31(14-13-29(30)18-28)33-21-35(44-22-33)38-32-15-16-34(20-32)50(38)41(52)25(2)47-43(54)56-4;1-18(34-29(37)38-6)28(36)35-25-12-10-22(15-25)27(35)26-16-23(17-33-26)20-7-8-21-14-24(11-9-19(21)13-20)32-39-30(2,3)31(4,5)40-32;1-11(21-18(25)26-2)17(24)23-9-3-4-15(23)16-20-10-14(22-16)12-5-7-13(19)8-6-12;/h7-14,18-19,22-25,32,34,37-38H,5-6,15-17,20-21H2,1-4H3,(H,45,48)(H,46,53)(H,47,54);7-9,11,13-14,17-18,22,25,27H,10,12,15-16H2,1-6H3,(H,34,37);5-8,10-11,15H,3-4,9H2,1-2H3,(H,20,22)(H,21,25);1H4/t24-,25-,32-,34+,37-,38-;18-,22-,25+,27-;11-,15-;/m000./s1. The van der Waals surface area contributed by atoms with Crippen molar-refractivity contribution in [3.8, 4) is 33.6 Å². The molecule has 7 aliphatic heterocycles. The van der Waals surface area contributed by atoms with Gasteiger partial charge in [0.2, 0.25) is 23.6 Å². The number of rotatable bonds is 18. The first kappa shape index (κ1) is 87.8. The van der Waals surface area contributed by atoms with E-state index in [1.165, 1.54) is 28.4 Å². The third-order valence-corrected chi connectivity index (χ3v) is 26.5. The molecule has 123 heavy (non-hydrogen) atoms. The summed E-state index contributed by atoms with van der Waals surface area (Å²) in [5.41, 5.74) is 12.9. The van der Waals surface area contributed by atoms with Crippen molar-refractivity contribution in [2.75, 3.05) is 41.5 Å². The number of benzene rings is 6. The molecular weight excluding hydrogens is 1630 g/mol. The number of imidazole rings is 2. The number of aromatic nitrogens is 4. The topological polar surface area (TPSA) is 335 Å². The first-order chi connectivity index (χ1) is 58.6. The predicted octanol–water partition coefficient (Wildman–Crippen LogP) is 14.9. The lowest BCUT2D eigenvalue weighted by Gasteiger charge is -2.37. The zero-order chi connectivity index (χ0) is 86.2. The molecule has 2 aromatic heterocycles. The van der Waals surface area contributed by atoms with Crippen LogP contribution in [0.2, 0.25) is 0 Å². The highest BCUT2D eigenvalue weighted by Gasteiger charge is 2.54. The summed E-state index contributed by atoms with van der Waals surface area (Å²) in [5, 5.41) is 14.9. The first-order valence-corrected chi connectivity index (χ1v) is 42.9. The number of fused-ring (bicyclic) bond motifs is 6. The maximum absolute atomic E-state index is 13.5. The molecule has 28 nitrogen and oxygen atoms in total. The van der Waals surface area contributed by atoms with Crippen LogP contribution in [0.15, 0.2) is 161 Å². The van der Waals surface area contributed by atoms with Crippen molar-refractivity contribution in [1.29, 1.82) is 0 Å². The number of piperidine rings is 2. The number of carbonyl (C=O) groups is 8. The summed E-state index contributed by atoms with van der Waals surface area (Å²) in [4.78, 5) is 133. The van der Waals surface area contributed by atoms with E-state index >= 15 is 0 Å². The molecule has 0 radical (unpaired) electrons. The minimum absolute atomic E-state index is 0. The van der Waals surface area contributed by atoms with Gasteiger partial charge in [-0.15, -0.1) is 0 Å². The zero-order valence-corrected chi connectivity index (χ0v) is 72.5. The molecule has 8 aromatic rings. The zero-order valence-electron chi connectivity index (χ0n) is 70.9. The van der Waals surface area contributed by atoms with E-state index in [4.69, 9.17) is 28.8 Å². The van der Waals surface area contributed by atoms with Crippen LogP contribution in [0.1, 0.15) is 175 Å². The summed E-state index contributed by atoms with van der Waals surface area (Å²) < 4.78 is 32.2. The van der Waals surface area contributed by atoms with Gasteiger partial charge in [0.25, 0.3) is 0 Å². The molecule has 0 spiro atoms. The lowest BCUT2D eigenvalue weighted by Crippen LogP contribution is -2.55. The van der Waals surface area contributed by atoms with Gasteiger partial charge in [0.05, 0.1) is 87.6 Å². The number of hydrogen-bond acceptors (Lipinski definition) is 18. The number of hydrogen-bond donors (Lipinski definition) is 6. The second-order valence-corrected chi connectivity index (χ2v) is 35.1. The Morgan fingerprint density at radius 3 is 1.24 bits per heavy atom. The van der Waals surface area contributed by atoms with Crippen LogP contribution in [0.25, 0.3) is 66.3 Å². The van der Waals surface area contributed by atoms with Crippen molar-refractivity contribution < 1.29 is 66.6 Å². The lowest BCUT2D eigenvalue weighted by atomic mass is 9.78. The molecule has 7 fully saturated rings. The smallest absolute Gasteiger partial charge is 0.453 e. The highest BCUT2D eigenvalue weighted by molar-refractivity contribution is 9.10. The quantitative estimate of drug-likeness (QED) is 0.0343. The SMILES string of the molecule is C.COC(=O)N[C@@H](C)C(=O)N1CCC[C@H]1c1ncc(-c2ccc(-c3ccc4cc(C5=CN=C([C@@H]6[C@H]7CC[C@H](C7)N6C(=O)[C@H](C)NC(=O)OC)C5)ccc4c3)cc2)[nH]1.COC(=O)N[C@@H](C)C(=O)N1CCC[C@H]1c1ncc(-c2ccc(Br)cc2)[nH]1.COC(=O)N[C@@H](C)C(=O)N1[C@@H]2CC[C@@H](C2)[C@H]1C1=NC=C(c2ccc3cc(B4OC(C)(C)C(C)(C)O4)ccc3c2)C1. The minimum atomic E-state index is -0.702. The maximum Gasteiger partial charge on any atom is 0.494 e. The molecule has 17 rings (SSSR count). The molecule has 4 bridgehead atoms. The average molecular weight is 1740 g/mol. The van der Waals surface area contributed by atoms with Crippen LogP contribution < -0.4 is 26.7 Å². The molecule has 8 amide bonds. The Kier molecular flexibility index (Phi) is 26.4. The van der Waals surface area contributed by atoms with E-state index in [1.807, 2.05) is 52.7 Å². The third-order valence-electron chi connectivity index (χ3n) is 26.0. The molecule has 6 N–H and O–H groups in total. The number of likely N-dealkylation sites (tertiary alicyclic amines) is 4. The van der Waals surface area contributed by atoms with E-state index in [0.29, 0.717) is 37.8 Å². The summed E-state index contributed by atoms with van der Waals surface area (Å²) in [7, 11) is 4.77. The van der Waals surface area contributed by atoms with Gasteiger partial charge >= 0.3 is 31.5 Å². The van der Waals surface area contributed by atoms with Crippen molar-refractivity contribution in [2.24, 2.45) is 21.8 Å². The number of alkyl carbamates (subject to hydrolysis) is 4. The summed E-state index contributed by atoms with van der Waals surface area (Å²) >= 11 is 3.43. The van der Waals surface area contributed by atoms with Crippen molar-refractivity contribution in [3.05, 3.63) is 173 Å². The van der Waals surface area contributed by atoms with Crippen LogP contribution in [-0.2, 0) is 47.4 Å². The van der Waals surface area contributed by atoms with Crippen LogP contribution >= 0.6 is 15.9 Å². The largest absolute Gasteiger partial charge is 0.494 e. The van der Waals surface area contributed by atoms with E-state index in [-0.39, 0.29) is 85.6 Å². The van der Waals surface area contributed by atoms with E-state index in [1.54, 1.807) is 43.7 Å². The highest BCUT2D eigenvalue weighted by atomic mass is 79.9. The Bertz CT molecular complexity index is 5460. The van der Waals surface area contributed by atoms with Gasteiger partial charge in [-0.25, -0.2) is 29.1 Å². The summed E-state index contributed by atoms with van der Waals surface area (Å²) in [5.74, 6) is 1.83. The molecule has 9 heterocycles. The van der Waals surface area contributed by atoms with E-state index in [0.717, 1.165) is 175 Å². The van der Waals surface area contributed by atoms with Gasteiger partial charge in [-0.3, -0.25) is 29.2 Å². The van der Waals surface area contributed by atoms with Crippen LogP contribution in [-0.4, -0.2) is 207 Å². The number of methoxy groups -OCH3 is 4. The fourth-order valence-electron chi connectivity index (χ4n) is 18.8. The van der Waals surface area contributed by atoms with E-state index in [9.17, 15) is 38.4 Å². The number of allylic oxidation sites excluding steroid dienone is 2. The molecule has 646 valence electrons. The summed E-state index contributed by atoms with van der Waals surface area (Å²) in [6, 6.07) is 39.5. The number of halogens is 1.